The molecule has 3 aliphatic heterocycles. The Labute approximate surface area is 133 Å². The van der Waals surface area contributed by atoms with Crippen LogP contribution in [0.1, 0.15) is 0 Å². The zero-order chi connectivity index (χ0) is 13.1. The van der Waals surface area contributed by atoms with E-state index in [2.05, 4.69) is 72.8 Å². The molecule has 0 radical (unpaired) electrons. The summed E-state index contributed by atoms with van der Waals surface area (Å²) in [5.74, 6) is 0. The molecule has 2 bridgehead atoms. The zero-order valence-electron chi connectivity index (χ0n) is 10.8. The van der Waals surface area contributed by atoms with Gasteiger partial charge in [-0.15, -0.1) is 0 Å². The van der Waals surface area contributed by atoms with E-state index in [-0.39, 0.29) is 0 Å². The summed E-state index contributed by atoms with van der Waals surface area (Å²) < 4.78 is 10.6. The van der Waals surface area contributed by atoms with E-state index in [9.17, 15) is 0 Å². The molecule has 3 aromatic rings. The van der Waals surface area contributed by atoms with Gasteiger partial charge in [0.15, 0.2) is 0 Å². The van der Waals surface area contributed by atoms with Crippen LogP contribution >= 0.6 is 0 Å². The van der Waals surface area contributed by atoms with Gasteiger partial charge in [0, 0.05) is 0 Å². The van der Waals surface area contributed by atoms with Crippen LogP contribution in [0.5, 0.6) is 0 Å². The Morgan fingerprint density at radius 2 is 0.550 bits per heavy atom. The van der Waals surface area contributed by atoms with E-state index in [1.807, 2.05) is 0 Å². The third-order valence-corrected chi connectivity index (χ3v) is 23.7. The molecule has 0 saturated heterocycles. The van der Waals surface area contributed by atoms with Crippen molar-refractivity contribution in [3.8, 4) is 0 Å². The van der Waals surface area contributed by atoms with Crippen molar-refractivity contribution < 1.29 is 0 Å². The van der Waals surface area contributed by atoms with Gasteiger partial charge >= 0.3 is 134 Å². The van der Waals surface area contributed by atoms with Crippen molar-refractivity contribution >= 4 is 61.5 Å². The second kappa shape index (κ2) is 4.39. The summed E-state index contributed by atoms with van der Waals surface area (Å²) in [7, 11) is 0. The molecular weight excluding hydrogens is 460 g/mol. The Bertz CT molecular complexity index is 656. The predicted molar refractivity (Wildman–Crippen MR) is 88.6 cm³/mol. The van der Waals surface area contributed by atoms with Crippen molar-refractivity contribution in [2.75, 3.05) is 0 Å². The summed E-state index contributed by atoms with van der Waals surface area (Å²) in [6.45, 7) is 0. The molecule has 3 aliphatic rings. The molecule has 0 aliphatic carbocycles. The second-order valence-corrected chi connectivity index (χ2v) is 17.2. The monoisotopic (exact) mass is 470 g/mol. The van der Waals surface area contributed by atoms with Crippen LogP contribution in [0.3, 0.4) is 0 Å². The van der Waals surface area contributed by atoms with E-state index >= 15 is 0 Å². The molecule has 0 nitrogen and oxygen atoms in total. The average molecular weight is 472 g/mol. The van der Waals surface area contributed by atoms with Crippen molar-refractivity contribution in [3.63, 3.8) is 0 Å². The number of hydrogen-bond donors (Lipinski definition) is 0. The summed E-state index contributed by atoms with van der Waals surface area (Å²) >= 11 is -3.43. The van der Waals surface area contributed by atoms with Gasteiger partial charge in [-0.3, -0.25) is 0 Å². The van der Waals surface area contributed by atoms with Gasteiger partial charge < -0.3 is 0 Å². The molecule has 0 N–H and O–H groups in total. The Morgan fingerprint density at radius 3 is 0.750 bits per heavy atom. The molecule has 0 atom stereocenters. The van der Waals surface area contributed by atoms with Gasteiger partial charge in [0.05, 0.1) is 0 Å². The van der Waals surface area contributed by atoms with Crippen LogP contribution in [-0.4, -0.2) is 40.4 Å². The standard InChI is InChI=1S/3C6H4.2Sb/c3*1-2-4-6-5-3-1;;/h3*1-4H;;. The minimum atomic E-state index is -1.72. The van der Waals surface area contributed by atoms with Gasteiger partial charge in [0.1, 0.15) is 0 Å². The summed E-state index contributed by atoms with van der Waals surface area (Å²) in [5.41, 5.74) is 0. The van der Waals surface area contributed by atoms with Crippen LogP contribution < -0.4 is 21.1 Å². The fraction of sp³-hybridized carbons (Fsp3) is 0. The molecule has 0 amide bonds. The molecule has 3 heterocycles. The van der Waals surface area contributed by atoms with E-state index in [0.29, 0.717) is 0 Å². The summed E-state index contributed by atoms with van der Waals surface area (Å²) in [6.07, 6.45) is 0. The van der Waals surface area contributed by atoms with Crippen molar-refractivity contribution in [2.45, 2.75) is 0 Å². The summed E-state index contributed by atoms with van der Waals surface area (Å²) in [5, 5.41) is 0. The van der Waals surface area contributed by atoms with Gasteiger partial charge in [0.25, 0.3) is 0 Å². The zero-order valence-corrected chi connectivity index (χ0v) is 15.9. The van der Waals surface area contributed by atoms with Gasteiger partial charge in [-0.05, 0) is 0 Å². The van der Waals surface area contributed by atoms with Crippen LogP contribution in [0.15, 0.2) is 72.8 Å². The fourth-order valence-electron chi connectivity index (χ4n) is 3.31. The first-order valence-electron chi connectivity index (χ1n) is 6.82. The maximum atomic E-state index is 2.43. The molecule has 0 saturated carbocycles. The van der Waals surface area contributed by atoms with Crippen LogP contribution in [0, 0.1) is 0 Å². The van der Waals surface area contributed by atoms with Crippen molar-refractivity contribution in [2.24, 2.45) is 0 Å². The quantitative estimate of drug-likeness (QED) is 0.263. The predicted octanol–water partition coefficient (Wildman–Crippen LogP) is -0.654. The molecule has 94 valence electrons. The molecule has 0 spiro atoms. The molecule has 20 heavy (non-hydrogen) atoms. The van der Waals surface area contributed by atoms with Gasteiger partial charge in [-0.2, -0.15) is 0 Å². The third kappa shape index (κ3) is 1.45. The van der Waals surface area contributed by atoms with Crippen LogP contribution in [0.25, 0.3) is 0 Å². The van der Waals surface area contributed by atoms with Crippen molar-refractivity contribution in [3.05, 3.63) is 72.8 Å². The van der Waals surface area contributed by atoms with Gasteiger partial charge in [-0.1, -0.05) is 0 Å². The molecule has 0 aromatic heterocycles. The van der Waals surface area contributed by atoms with E-state index in [4.69, 9.17) is 0 Å². The average Bonchev–Trinajstić information content (AvgIpc) is 2.54. The normalized spacial score (nSPS) is 15.6. The summed E-state index contributed by atoms with van der Waals surface area (Å²) in [4.78, 5) is 0. The van der Waals surface area contributed by atoms with E-state index in [0.717, 1.165) is 0 Å². The molecule has 3 aromatic carbocycles. The van der Waals surface area contributed by atoms with E-state index in [1.54, 1.807) is 21.1 Å². The maximum absolute atomic E-state index is 2.43. The molecule has 2 heteroatoms. The van der Waals surface area contributed by atoms with Crippen molar-refractivity contribution in [1.82, 2.24) is 0 Å². The molecule has 0 unspecified atom stereocenters. The molecule has 6 rings (SSSR count). The third-order valence-electron chi connectivity index (χ3n) is 4.09. The molecular formula is C18H12Sb2. The first-order valence-corrected chi connectivity index (χ1v) is 14.5. The van der Waals surface area contributed by atoms with Gasteiger partial charge in [-0.25, -0.2) is 0 Å². The fourth-order valence-corrected chi connectivity index (χ4v) is 28.5. The van der Waals surface area contributed by atoms with Crippen LogP contribution in [-0.2, 0) is 0 Å². The van der Waals surface area contributed by atoms with E-state index in [1.165, 1.54) is 0 Å². The Kier molecular flexibility index (Phi) is 2.61. The number of benzene rings is 3. The first-order chi connectivity index (χ1) is 9.95. The Morgan fingerprint density at radius 1 is 0.350 bits per heavy atom. The van der Waals surface area contributed by atoms with Crippen LogP contribution in [0.2, 0.25) is 0 Å². The molecule has 0 fully saturated rings. The van der Waals surface area contributed by atoms with Crippen molar-refractivity contribution in [1.29, 1.82) is 0 Å². The summed E-state index contributed by atoms with van der Waals surface area (Å²) in [6, 6.07) is 28.1. The topological polar surface area (TPSA) is 0 Å². The second-order valence-electron chi connectivity index (χ2n) is 5.14. The van der Waals surface area contributed by atoms with Crippen LogP contribution in [0.4, 0.5) is 0 Å². The Hall–Kier alpha value is -0.704. The number of hydrogen-bond acceptors (Lipinski definition) is 0. The SMILES string of the molecule is c1cc[c]2[c](c1)[Sb]1[c]3cccc[c]3[Sb]2[c]2cccc[c]21. The van der Waals surface area contributed by atoms with Gasteiger partial charge in [0.2, 0.25) is 0 Å². The number of rotatable bonds is 0. The minimum absolute atomic E-state index is 1.72. The Balaban J connectivity index is 1.93. The first kappa shape index (κ1) is 11.9. The van der Waals surface area contributed by atoms with E-state index < -0.39 is 40.4 Å².